The molecule has 0 unspecified atom stereocenters. The zero-order valence-electron chi connectivity index (χ0n) is 6.39. The zero-order chi connectivity index (χ0) is 12.0. The molecular weight excluding hydrogens is 268 g/mol. The molecule has 0 aliphatic carbocycles. The van der Waals surface area contributed by atoms with Crippen LogP contribution in [0.2, 0.25) is 0 Å². The second-order valence-corrected chi connectivity index (χ2v) is 0. The fraction of sp³-hybridized carbons (Fsp3) is 0. The van der Waals surface area contributed by atoms with Gasteiger partial charge in [0.05, 0.1) is 0 Å². The summed E-state index contributed by atoms with van der Waals surface area (Å²) < 4.78 is 0. The number of hydrogen-bond acceptors (Lipinski definition) is 6. The van der Waals surface area contributed by atoms with Gasteiger partial charge in [0.15, 0.2) is 0 Å². The first-order valence-electron chi connectivity index (χ1n) is 1.34. The molecule has 0 spiro atoms. The van der Waals surface area contributed by atoms with E-state index in [-0.39, 0.29) is 34.1 Å². The van der Waals surface area contributed by atoms with E-state index in [0.29, 0.717) is 0 Å². The van der Waals surface area contributed by atoms with E-state index in [0.717, 1.165) is 0 Å². The molecular formula is C6Fe2N6+2. The van der Waals surface area contributed by atoms with E-state index in [1.54, 1.807) is 0 Å². The molecule has 8 heteroatoms. The minimum atomic E-state index is 0. The topological polar surface area (TPSA) is 143 Å². The van der Waals surface area contributed by atoms with Crippen LogP contribution in [0.25, 0.3) is 0 Å². The van der Waals surface area contributed by atoms with Crippen LogP contribution in [-0.4, -0.2) is 0 Å². The molecule has 0 aromatic rings. The Morgan fingerprint density at radius 3 is 0.357 bits per heavy atom. The van der Waals surface area contributed by atoms with Crippen LogP contribution in [0.1, 0.15) is 0 Å². The van der Waals surface area contributed by atoms with E-state index >= 15 is 0 Å². The molecule has 0 heterocycles. The molecule has 0 aliphatic heterocycles. The van der Waals surface area contributed by atoms with Gasteiger partial charge in [-0.1, -0.05) is 0 Å². The Morgan fingerprint density at radius 1 is 0.357 bits per heavy atom. The predicted octanol–water partition coefficient (Wildman–Crippen LogP) is 0.573. The smallest absolute Gasteiger partial charge is 0.512 e. The Morgan fingerprint density at radius 2 is 0.357 bits per heavy atom. The summed E-state index contributed by atoms with van der Waals surface area (Å²) in [7, 11) is 0. The fourth-order valence-electron chi connectivity index (χ4n) is 0. The molecule has 0 N–H and O–H groups in total. The van der Waals surface area contributed by atoms with E-state index in [1.165, 1.54) is 0 Å². The molecule has 6 nitrogen and oxygen atoms in total. The number of rotatable bonds is 0. The monoisotopic (exact) mass is 268 g/mol. The standard InChI is InChI=1S/6CN.2Fe/c6*1-2;;/q6*-1;+2;+6. The van der Waals surface area contributed by atoms with Crippen LogP contribution in [0, 0.1) is 71.0 Å². The van der Waals surface area contributed by atoms with Crippen LogP contribution < -0.4 is 0 Å². The van der Waals surface area contributed by atoms with E-state index in [9.17, 15) is 0 Å². The third-order valence-corrected chi connectivity index (χ3v) is 0. The van der Waals surface area contributed by atoms with Crippen molar-refractivity contribution in [2.75, 3.05) is 0 Å². The van der Waals surface area contributed by atoms with Crippen molar-refractivity contribution in [3.8, 4) is 0 Å². The van der Waals surface area contributed by atoms with Crippen molar-refractivity contribution >= 4 is 0 Å². The van der Waals surface area contributed by atoms with Crippen LogP contribution in [0.15, 0.2) is 0 Å². The van der Waals surface area contributed by atoms with Gasteiger partial charge in [0.2, 0.25) is 0 Å². The van der Waals surface area contributed by atoms with Gasteiger partial charge in [0.25, 0.3) is 0 Å². The largest absolute Gasteiger partial charge is 6.00 e. The van der Waals surface area contributed by atoms with Gasteiger partial charge in [-0.2, -0.15) is 0 Å². The van der Waals surface area contributed by atoms with E-state index < -0.39 is 0 Å². The van der Waals surface area contributed by atoms with Gasteiger partial charge in [-0.25, -0.2) is 0 Å². The molecule has 0 aromatic carbocycles. The summed E-state index contributed by atoms with van der Waals surface area (Å²) in [6.45, 7) is 28.5. The van der Waals surface area contributed by atoms with Crippen molar-refractivity contribution in [3.05, 3.63) is 39.4 Å². The summed E-state index contributed by atoms with van der Waals surface area (Å²) in [4.78, 5) is 0. The van der Waals surface area contributed by atoms with Crippen molar-refractivity contribution in [1.29, 1.82) is 31.6 Å². The molecule has 0 radical (unpaired) electrons. The first-order chi connectivity index (χ1) is 6.00. The first-order valence-corrected chi connectivity index (χ1v) is 1.34. The van der Waals surface area contributed by atoms with Crippen molar-refractivity contribution in [3.63, 3.8) is 0 Å². The summed E-state index contributed by atoms with van der Waals surface area (Å²) in [6.07, 6.45) is 0. The van der Waals surface area contributed by atoms with Gasteiger partial charge in [0, 0.05) is 0 Å². The average molecular weight is 268 g/mol. The van der Waals surface area contributed by atoms with Crippen LogP contribution in [-0.2, 0) is 34.1 Å². The van der Waals surface area contributed by atoms with Crippen molar-refractivity contribution in [2.45, 2.75) is 0 Å². The minimum Gasteiger partial charge on any atom is -0.512 e. The number of hydrogen-bond donors (Lipinski definition) is 0. The van der Waals surface area contributed by atoms with Gasteiger partial charge < -0.3 is 71.0 Å². The molecule has 0 aromatic heterocycles. The molecule has 0 bridgehead atoms. The van der Waals surface area contributed by atoms with Crippen molar-refractivity contribution < 1.29 is 34.1 Å². The second-order valence-electron chi connectivity index (χ2n) is 0. The third kappa shape index (κ3) is 197. The quantitative estimate of drug-likeness (QED) is 0.464. The Balaban J connectivity index is -0.00000000500. The Labute approximate surface area is 105 Å². The minimum absolute atomic E-state index is 0. The van der Waals surface area contributed by atoms with Crippen molar-refractivity contribution in [1.82, 2.24) is 0 Å². The Kier molecular flexibility index (Phi) is 1740. The van der Waals surface area contributed by atoms with E-state index in [2.05, 4.69) is 0 Å². The number of nitrogens with zero attached hydrogens (tertiary/aromatic N) is 6. The fourth-order valence-corrected chi connectivity index (χ4v) is 0. The maximum Gasteiger partial charge on any atom is 6.00 e. The molecule has 68 valence electrons. The van der Waals surface area contributed by atoms with Crippen molar-refractivity contribution in [2.24, 2.45) is 0 Å². The average Bonchev–Trinajstić information content (AvgIpc) is 2.33. The van der Waals surface area contributed by atoms with Crippen LogP contribution in [0.5, 0.6) is 0 Å². The molecule has 0 fully saturated rings. The molecule has 0 amide bonds. The molecule has 0 saturated carbocycles. The maximum absolute atomic E-state index is 6.25. The maximum atomic E-state index is 6.25. The zero-order valence-corrected chi connectivity index (χ0v) is 8.60. The molecule has 0 rings (SSSR count). The SMILES string of the molecule is [C-]#N.[C-]#N.[C-]#N.[C-]#N.[C-]#N.[C-]#N.[Fe+2].[Fe+6]. The Hall–Kier alpha value is -2.02. The summed E-state index contributed by atoms with van der Waals surface area (Å²) in [6, 6.07) is 0. The van der Waals surface area contributed by atoms with Gasteiger partial charge in [-0.3, -0.25) is 0 Å². The summed E-state index contributed by atoms with van der Waals surface area (Å²) >= 11 is 0. The van der Waals surface area contributed by atoms with E-state index in [4.69, 9.17) is 71.0 Å². The van der Waals surface area contributed by atoms with Crippen LogP contribution in [0.3, 0.4) is 0 Å². The van der Waals surface area contributed by atoms with Gasteiger partial charge in [-0.15, -0.1) is 0 Å². The predicted molar refractivity (Wildman–Crippen MR) is 29.8 cm³/mol. The summed E-state index contributed by atoms with van der Waals surface area (Å²) in [5.41, 5.74) is 0. The van der Waals surface area contributed by atoms with E-state index in [1.807, 2.05) is 0 Å². The normalized spacial score (nSPS) is 0.857. The van der Waals surface area contributed by atoms with Gasteiger partial charge in [0.1, 0.15) is 0 Å². The van der Waals surface area contributed by atoms with Crippen LogP contribution >= 0.6 is 0 Å². The second kappa shape index (κ2) is 268. The molecule has 0 atom stereocenters. The molecule has 14 heavy (non-hydrogen) atoms. The third-order valence-electron chi connectivity index (χ3n) is 0. The van der Waals surface area contributed by atoms with Crippen LogP contribution in [0.4, 0.5) is 0 Å². The Bertz CT molecular complexity index is 95.3. The van der Waals surface area contributed by atoms with Gasteiger partial charge >= 0.3 is 34.1 Å². The summed E-state index contributed by atoms with van der Waals surface area (Å²) in [5, 5.41) is 37.5. The molecule has 0 saturated heterocycles. The van der Waals surface area contributed by atoms with Gasteiger partial charge in [-0.05, 0) is 0 Å². The first kappa shape index (κ1) is 91.2. The summed E-state index contributed by atoms with van der Waals surface area (Å²) in [5.74, 6) is 0. The molecule has 0 aliphatic rings.